The Balaban J connectivity index is 1.88. The average molecular weight is 305 g/mol. The first-order valence-electron chi connectivity index (χ1n) is 7.98. The molecule has 1 fully saturated rings. The van der Waals surface area contributed by atoms with Gasteiger partial charge in [0.25, 0.3) is 0 Å². The molecule has 122 valence electrons. The van der Waals surface area contributed by atoms with Gasteiger partial charge < -0.3 is 15.8 Å². The summed E-state index contributed by atoms with van der Waals surface area (Å²) in [5, 5.41) is 2.94. The monoisotopic (exact) mass is 305 g/mol. The number of amides is 1. The smallest absolute Gasteiger partial charge is 0.224 e. The van der Waals surface area contributed by atoms with Gasteiger partial charge in [0.1, 0.15) is 0 Å². The van der Waals surface area contributed by atoms with Crippen LogP contribution in [0.1, 0.15) is 25.0 Å². The Kier molecular flexibility index (Phi) is 6.36. The van der Waals surface area contributed by atoms with Crippen molar-refractivity contribution >= 4 is 5.91 Å². The number of hydrogen-bond donors (Lipinski definition) is 2. The number of rotatable bonds is 6. The van der Waals surface area contributed by atoms with E-state index in [9.17, 15) is 4.79 Å². The minimum Gasteiger partial charge on any atom is -0.376 e. The van der Waals surface area contributed by atoms with Gasteiger partial charge in [0.05, 0.1) is 12.7 Å². The van der Waals surface area contributed by atoms with E-state index in [-0.39, 0.29) is 11.8 Å². The number of ether oxygens (including phenoxy) is 1. The number of nitrogens with zero attached hydrogens (tertiary/aromatic N) is 1. The molecule has 5 heteroatoms. The van der Waals surface area contributed by atoms with Crippen LogP contribution in [0.5, 0.6) is 0 Å². The maximum absolute atomic E-state index is 11.8. The summed E-state index contributed by atoms with van der Waals surface area (Å²) in [4.78, 5) is 14.2. The molecule has 1 heterocycles. The normalized spacial score (nSPS) is 20.6. The van der Waals surface area contributed by atoms with Crippen molar-refractivity contribution in [3.63, 3.8) is 0 Å². The second-order valence-corrected chi connectivity index (χ2v) is 6.09. The lowest BCUT2D eigenvalue weighted by Gasteiger charge is -2.31. The SMILES string of the molecule is CC1CN(Cc2cccc(CNC(=O)C(C)CN)c2)CCO1. The molecule has 5 nitrogen and oxygen atoms in total. The van der Waals surface area contributed by atoms with Gasteiger partial charge in [-0.05, 0) is 18.1 Å². The second kappa shape index (κ2) is 8.27. The molecule has 0 aliphatic carbocycles. The standard InChI is InChI=1S/C17H27N3O2/c1-13(9-18)17(21)19-10-15-4-3-5-16(8-15)12-20-6-7-22-14(2)11-20/h3-5,8,13-14H,6-7,9-12,18H2,1-2H3,(H,19,21). The summed E-state index contributed by atoms with van der Waals surface area (Å²) in [6.07, 6.45) is 0.300. The molecule has 0 radical (unpaired) electrons. The Morgan fingerprint density at radius 1 is 1.50 bits per heavy atom. The Morgan fingerprint density at radius 3 is 3.00 bits per heavy atom. The Morgan fingerprint density at radius 2 is 2.27 bits per heavy atom. The first-order chi connectivity index (χ1) is 10.6. The van der Waals surface area contributed by atoms with Crippen LogP contribution in [0.2, 0.25) is 0 Å². The van der Waals surface area contributed by atoms with Gasteiger partial charge in [-0.2, -0.15) is 0 Å². The van der Waals surface area contributed by atoms with Crippen molar-refractivity contribution in [2.24, 2.45) is 11.7 Å². The number of carbonyl (C=O) groups excluding carboxylic acids is 1. The molecular weight excluding hydrogens is 278 g/mol. The highest BCUT2D eigenvalue weighted by Gasteiger charge is 2.16. The van der Waals surface area contributed by atoms with Crippen LogP contribution in [-0.2, 0) is 22.6 Å². The minimum absolute atomic E-state index is 0.00917. The summed E-state index contributed by atoms with van der Waals surface area (Å²) < 4.78 is 5.57. The van der Waals surface area contributed by atoms with Crippen molar-refractivity contribution in [2.75, 3.05) is 26.2 Å². The number of benzene rings is 1. The molecule has 0 saturated carbocycles. The third-order valence-electron chi connectivity index (χ3n) is 3.99. The predicted molar refractivity (Wildman–Crippen MR) is 87.2 cm³/mol. The van der Waals surface area contributed by atoms with Crippen molar-refractivity contribution in [2.45, 2.75) is 33.0 Å². The molecule has 1 aromatic rings. The lowest BCUT2D eigenvalue weighted by molar-refractivity contribution is -0.124. The summed E-state index contributed by atoms with van der Waals surface area (Å²) in [5.74, 6) is -0.132. The highest BCUT2D eigenvalue weighted by atomic mass is 16.5. The number of nitrogens with one attached hydrogen (secondary N) is 1. The number of nitrogens with two attached hydrogens (primary N) is 1. The fourth-order valence-corrected chi connectivity index (χ4v) is 2.60. The lowest BCUT2D eigenvalue weighted by atomic mass is 10.1. The largest absolute Gasteiger partial charge is 0.376 e. The van der Waals surface area contributed by atoms with E-state index < -0.39 is 0 Å². The van der Waals surface area contributed by atoms with Gasteiger partial charge in [0.2, 0.25) is 5.91 Å². The van der Waals surface area contributed by atoms with Crippen molar-refractivity contribution in [1.82, 2.24) is 10.2 Å². The molecule has 3 N–H and O–H groups in total. The Bertz CT molecular complexity index is 493. The van der Waals surface area contributed by atoms with Crippen molar-refractivity contribution < 1.29 is 9.53 Å². The first-order valence-corrected chi connectivity index (χ1v) is 7.98. The van der Waals surface area contributed by atoms with Gasteiger partial charge in [-0.15, -0.1) is 0 Å². The van der Waals surface area contributed by atoms with Crippen molar-refractivity contribution in [3.8, 4) is 0 Å². The molecule has 2 unspecified atom stereocenters. The van der Waals surface area contributed by atoms with E-state index in [1.165, 1.54) is 5.56 Å². The third-order valence-corrected chi connectivity index (χ3v) is 3.99. The quantitative estimate of drug-likeness (QED) is 0.826. The van der Waals surface area contributed by atoms with E-state index in [0.29, 0.717) is 19.2 Å². The molecule has 1 amide bonds. The van der Waals surface area contributed by atoms with E-state index in [4.69, 9.17) is 10.5 Å². The van der Waals surface area contributed by atoms with Gasteiger partial charge in [-0.25, -0.2) is 0 Å². The zero-order valence-electron chi connectivity index (χ0n) is 13.5. The average Bonchev–Trinajstić information content (AvgIpc) is 2.52. The number of carbonyl (C=O) groups is 1. The van der Waals surface area contributed by atoms with Crippen LogP contribution in [0, 0.1) is 5.92 Å². The Hall–Kier alpha value is -1.43. The van der Waals surface area contributed by atoms with Gasteiger partial charge in [-0.3, -0.25) is 9.69 Å². The van der Waals surface area contributed by atoms with E-state index in [2.05, 4.69) is 29.3 Å². The first kappa shape index (κ1) is 16.9. The zero-order valence-corrected chi connectivity index (χ0v) is 13.5. The zero-order chi connectivity index (χ0) is 15.9. The molecule has 2 rings (SSSR count). The van der Waals surface area contributed by atoms with E-state index >= 15 is 0 Å². The molecule has 0 bridgehead atoms. The molecule has 2 atom stereocenters. The molecule has 1 saturated heterocycles. The van der Waals surface area contributed by atoms with Gasteiger partial charge in [0.15, 0.2) is 0 Å². The van der Waals surface area contributed by atoms with Crippen LogP contribution in [0.25, 0.3) is 0 Å². The van der Waals surface area contributed by atoms with Crippen LogP contribution < -0.4 is 11.1 Å². The summed E-state index contributed by atoms with van der Waals surface area (Å²) in [5.41, 5.74) is 7.90. The molecule has 0 aromatic heterocycles. The summed E-state index contributed by atoms with van der Waals surface area (Å²) in [6, 6.07) is 8.38. The molecule has 0 spiro atoms. The maximum atomic E-state index is 11.8. The Labute approximate surface area is 132 Å². The minimum atomic E-state index is -0.141. The van der Waals surface area contributed by atoms with Crippen LogP contribution in [0.15, 0.2) is 24.3 Å². The van der Waals surface area contributed by atoms with Crippen LogP contribution in [-0.4, -0.2) is 43.2 Å². The molecule has 22 heavy (non-hydrogen) atoms. The van der Waals surface area contributed by atoms with Crippen LogP contribution >= 0.6 is 0 Å². The van der Waals surface area contributed by atoms with Crippen molar-refractivity contribution in [1.29, 1.82) is 0 Å². The van der Waals surface area contributed by atoms with Crippen LogP contribution in [0.4, 0.5) is 0 Å². The fraction of sp³-hybridized carbons (Fsp3) is 0.588. The van der Waals surface area contributed by atoms with Crippen LogP contribution in [0.3, 0.4) is 0 Å². The van der Waals surface area contributed by atoms with Gasteiger partial charge in [-0.1, -0.05) is 31.2 Å². The predicted octanol–water partition coefficient (Wildman–Crippen LogP) is 1.12. The summed E-state index contributed by atoms with van der Waals surface area (Å²) in [7, 11) is 0. The lowest BCUT2D eigenvalue weighted by Crippen LogP contribution is -2.40. The van der Waals surface area contributed by atoms with E-state index in [0.717, 1.165) is 31.8 Å². The topological polar surface area (TPSA) is 67.6 Å². The number of morpholine rings is 1. The second-order valence-electron chi connectivity index (χ2n) is 6.09. The third kappa shape index (κ3) is 5.09. The van der Waals surface area contributed by atoms with Gasteiger partial charge in [0, 0.05) is 38.6 Å². The van der Waals surface area contributed by atoms with E-state index in [1.54, 1.807) is 0 Å². The maximum Gasteiger partial charge on any atom is 0.224 e. The summed E-state index contributed by atoms with van der Waals surface area (Å²) in [6.45, 7) is 8.54. The van der Waals surface area contributed by atoms with Gasteiger partial charge >= 0.3 is 0 Å². The highest BCUT2D eigenvalue weighted by molar-refractivity contribution is 5.78. The highest BCUT2D eigenvalue weighted by Crippen LogP contribution is 2.12. The molecule has 1 aliphatic heterocycles. The number of hydrogen-bond acceptors (Lipinski definition) is 4. The molecule has 1 aliphatic rings. The molecule has 1 aromatic carbocycles. The van der Waals surface area contributed by atoms with E-state index in [1.807, 2.05) is 19.1 Å². The van der Waals surface area contributed by atoms with Crippen molar-refractivity contribution in [3.05, 3.63) is 35.4 Å². The fourth-order valence-electron chi connectivity index (χ4n) is 2.60. The molecular formula is C17H27N3O2. The summed E-state index contributed by atoms with van der Waals surface area (Å²) >= 11 is 0.